The first-order chi connectivity index (χ1) is 9.37. The van der Waals surface area contributed by atoms with E-state index in [0.717, 1.165) is 30.8 Å². The van der Waals surface area contributed by atoms with E-state index >= 15 is 0 Å². The van der Waals surface area contributed by atoms with Crippen molar-refractivity contribution in [2.75, 3.05) is 18.8 Å². The average molecular weight is 315 g/mol. The van der Waals surface area contributed by atoms with E-state index in [0.29, 0.717) is 16.3 Å². The van der Waals surface area contributed by atoms with Crippen LogP contribution in [0.15, 0.2) is 18.2 Å². The third kappa shape index (κ3) is 4.11. The molecule has 0 radical (unpaired) electrons. The second-order valence-electron chi connectivity index (χ2n) is 5.67. The molecule has 0 N–H and O–H groups in total. The van der Waals surface area contributed by atoms with E-state index in [2.05, 4.69) is 18.7 Å². The van der Waals surface area contributed by atoms with Crippen molar-refractivity contribution in [2.45, 2.75) is 31.6 Å². The van der Waals surface area contributed by atoms with Crippen LogP contribution < -0.4 is 0 Å². The Morgan fingerprint density at radius 1 is 1.45 bits per heavy atom. The van der Waals surface area contributed by atoms with Gasteiger partial charge in [-0.2, -0.15) is 11.8 Å². The number of thioether (sulfide) groups is 1. The molecule has 2 rings (SSSR count). The molecule has 0 aromatic heterocycles. The number of nitrogens with zero attached hydrogens (tertiary/aromatic N) is 2. The summed E-state index contributed by atoms with van der Waals surface area (Å²) in [5.41, 5.74) is 0.944. The molecule has 1 aliphatic rings. The molecule has 0 unspecified atom stereocenters. The van der Waals surface area contributed by atoms with Crippen molar-refractivity contribution in [3.8, 4) is 0 Å². The zero-order valence-corrected chi connectivity index (χ0v) is 13.3. The lowest BCUT2D eigenvalue weighted by atomic mass is 10.1. The average Bonchev–Trinajstić information content (AvgIpc) is 2.53. The molecule has 0 spiro atoms. The molecule has 0 bridgehead atoms. The van der Waals surface area contributed by atoms with Crippen LogP contribution in [0, 0.1) is 10.1 Å². The Morgan fingerprint density at radius 3 is 2.90 bits per heavy atom. The molecule has 1 fully saturated rings. The van der Waals surface area contributed by atoms with Gasteiger partial charge >= 0.3 is 0 Å². The minimum Gasteiger partial charge on any atom is -0.298 e. The largest absolute Gasteiger partial charge is 0.298 e. The molecule has 1 aromatic carbocycles. The van der Waals surface area contributed by atoms with E-state index in [4.69, 9.17) is 11.6 Å². The maximum atomic E-state index is 10.8. The van der Waals surface area contributed by atoms with E-state index in [1.54, 1.807) is 12.1 Å². The van der Waals surface area contributed by atoms with Crippen LogP contribution in [0.3, 0.4) is 0 Å². The van der Waals surface area contributed by atoms with Gasteiger partial charge in [0, 0.05) is 40.7 Å². The normalized spacial score (nSPS) is 19.6. The predicted molar refractivity (Wildman–Crippen MR) is 84.5 cm³/mol. The van der Waals surface area contributed by atoms with Crippen molar-refractivity contribution in [3.05, 3.63) is 38.9 Å². The first kappa shape index (κ1) is 15.6. The van der Waals surface area contributed by atoms with Crippen LogP contribution >= 0.6 is 23.4 Å². The van der Waals surface area contributed by atoms with Gasteiger partial charge in [0.15, 0.2) is 0 Å². The minimum absolute atomic E-state index is 0.105. The predicted octanol–water partition coefficient (Wildman–Crippen LogP) is 3.97. The standard InChI is InChI=1S/C14H19ClN2O2S/c1-14(2)5-6-16(7-8-20-14)10-11-9-12(17(18)19)3-4-13(11)15/h3-4,9H,5-8,10H2,1-2H3. The summed E-state index contributed by atoms with van der Waals surface area (Å²) < 4.78 is 0.307. The zero-order valence-electron chi connectivity index (χ0n) is 11.8. The van der Waals surface area contributed by atoms with Gasteiger partial charge in [0.2, 0.25) is 0 Å². The Hall–Kier alpha value is -0.780. The first-order valence-electron chi connectivity index (χ1n) is 6.66. The lowest BCUT2D eigenvalue weighted by Gasteiger charge is -2.22. The number of non-ortho nitro benzene ring substituents is 1. The van der Waals surface area contributed by atoms with Crippen LogP contribution in [-0.2, 0) is 6.54 Å². The summed E-state index contributed by atoms with van der Waals surface area (Å²) in [6.45, 7) is 7.20. The summed E-state index contributed by atoms with van der Waals surface area (Å²) in [6.07, 6.45) is 1.12. The van der Waals surface area contributed by atoms with E-state index in [-0.39, 0.29) is 10.6 Å². The van der Waals surface area contributed by atoms with Gasteiger partial charge in [-0.15, -0.1) is 0 Å². The van der Waals surface area contributed by atoms with Gasteiger partial charge < -0.3 is 0 Å². The number of halogens is 1. The molecule has 1 heterocycles. The van der Waals surface area contributed by atoms with Crippen LogP contribution in [0.4, 0.5) is 5.69 Å². The number of hydrogen-bond acceptors (Lipinski definition) is 4. The second-order valence-corrected chi connectivity index (χ2v) is 7.88. The van der Waals surface area contributed by atoms with Crippen molar-refractivity contribution in [1.29, 1.82) is 0 Å². The minimum atomic E-state index is -0.374. The Kier molecular flexibility index (Phi) is 4.94. The molecular weight excluding hydrogens is 296 g/mol. The second kappa shape index (κ2) is 6.33. The fourth-order valence-electron chi connectivity index (χ4n) is 2.26. The lowest BCUT2D eigenvalue weighted by Crippen LogP contribution is -2.27. The van der Waals surface area contributed by atoms with Crippen LogP contribution in [0.2, 0.25) is 5.02 Å². The van der Waals surface area contributed by atoms with Gasteiger partial charge in [-0.25, -0.2) is 0 Å². The summed E-state index contributed by atoms with van der Waals surface area (Å²) in [4.78, 5) is 12.8. The summed E-state index contributed by atoms with van der Waals surface area (Å²) >= 11 is 8.15. The third-order valence-corrected chi connectivity index (χ3v) is 5.31. The maximum Gasteiger partial charge on any atom is 0.269 e. The van der Waals surface area contributed by atoms with Gasteiger partial charge in [0.25, 0.3) is 5.69 Å². The van der Waals surface area contributed by atoms with Crippen molar-refractivity contribution in [1.82, 2.24) is 4.90 Å². The van der Waals surface area contributed by atoms with Crippen LogP contribution in [-0.4, -0.2) is 33.4 Å². The summed E-state index contributed by atoms with van der Waals surface area (Å²) in [5, 5.41) is 11.4. The van der Waals surface area contributed by atoms with Gasteiger partial charge in [-0.3, -0.25) is 15.0 Å². The summed E-state index contributed by atoms with van der Waals surface area (Å²) in [6, 6.07) is 4.66. The number of benzene rings is 1. The highest BCUT2D eigenvalue weighted by molar-refractivity contribution is 8.00. The molecule has 110 valence electrons. The highest BCUT2D eigenvalue weighted by Crippen LogP contribution is 2.32. The zero-order chi connectivity index (χ0) is 14.8. The molecular formula is C14H19ClN2O2S. The monoisotopic (exact) mass is 314 g/mol. The Balaban J connectivity index is 2.09. The van der Waals surface area contributed by atoms with Crippen LogP contribution in [0.25, 0.3) is 0 Å². The quantitative estimate of drug-likeness (QED) is 0.625. The number of hydrogen-bond donors (Lipinski definition) is 0. The topological polar surface area (TPSA) is 46.4 Å². The highest BCUT2D eigenvalue weighted by atomic mass is 35.5. The van der Waals surface area contributed by atoms with Crippen molar-refractivity contribution >= 4 is 29.1 Å². The maximum absolute atomic E-state index is 10.8. The molecule has 0 amide bonds. The van der Waals surface area contributed by atoms with E-state index in [9.17, 15) is 10.1 Å². The van der Waals surface area contributed by atoms with E-state index < -0.39 is 0 Å². The molecule has 1 saturated heterocycles. The number of nitro benzene ring substituents is 1. The fourth-order valence-corrected chi connectivity index (χ4v) is 3.57. The van der Waals surface area contributed by atoms with Crippen molar-refractivity contribution in [2.24, 2.45) is 0 Å². The van der Waals surface area contributed by atoms with Crippen molar-refractivity contribution in [3.63, 3.8) is 0 Å². The summed E-state index contributed by atoms with van der Waals surface area (Å²) in [5.74, 6) is 1.08. The Morgan fingerprint density at radius 2 is 2.20 bits per heavy atom. The molecule has 1 aromatic rings. The smallest absolute Gasteiger partial charge is 0.269 e. The summed E-state index contributed by atoms with van der Waals surface area (Å²) in [7, 11) is 0. The van der Waals surface area contributed by atoms with Gasteiger partial charge in [0.1, 0.15) is 0 Å². The molecule has 6 heteroatoms. The van der Waals surface area contributed by atoms with Crippen LogP contribution in [0.1, 0.15) is 25.8 Å². The van der Waals surface area contributed by atoms with Crippen LogP contribution in [0.5, 0.6) is 0 Å². The van der Waals surface area contributed by atoms with Crippen molar-refractivity contribution < 1.29 is 4.92 Å². The van der Waals surface area contributed by atoms with Gasteiger partial charge in [0.05, 0.1) is 4.92 Å². The molecule has 0 saturated carbocycles. The SMILES string of the molecule is CC1(C)CCN(Cc2cc([N+](=O)[O-])ccc2Cl)CCS1. The first-order valence-corrected chi connectivity index (χ1v) is 8.03. The molecule has 4 nitrogen and oxygen atoms in total. The van der Waals surface area contributed by atoms with E-state index in [1.807, 2.05) is 11.8 Å². The number of rotatable bonds is 3. The van der Waals surface area contributed by atoms with Gasteiger partial charge in [-0.05, 0) is 24.6 Å². The Labute approximate surface area is 128 Å². The molecule has 0 atom stereocenters. The fraction of sp³-hybridized carbons (Fsp3) is 0.571. The molecule has 20 heavy (non-hydrogen) atoms. The molecule has 0 aliphatic carbocycles. The number of nitro groups is 1. The third-order valence-electron chi connectivity index (χ3n) is 3.56. The molecule has 1 aliphatic heterocycles. The van der Waals surface area contributed by atoms with E-state index in [1.165, 1.54) is 6.07 Å². The van der Waals surface area contributed by atoms with Gasteiger partial charge in [-0.1, -0.05) is 25.4 Å². The lowest BCUT2D eigenvalue weighted by molar-refractivity contribution is -0.384. The highest BCUT2D eigenvalue weighted by Gasteiger charge is 2.24. The Bertz CT molecular complexity index is 508.